The van der Waals surface area contributed by atoms with Gasteiger partial charge in [0.15, 0.2) is 0 Å². The fourth-order valence-electron chi connectivity index (χ4n) is 3.15. The molecule has 0 bridgehead atoms. The van der Waals surface area contributed by atoms with Gasteiger partial charge >= 0.3 is 0 Å². The zero-order chi connectivity index (χ0) is 12.4. The van der Waals surface area contributed by atoms with Crippen LogP contribution in [0.2, 0.25) is 0 Å². The summed E-state index contributed by atoms with van der Waals surface area (Å²) in [5.74, 6) is 2.68. The van der Waals surface area contributed by atoms with Gasteiger partial charge in [0.2, 0.25) is 11.8 Å². The maximum absolute atomic E-state index is 5.49. The first-order chi connectivity index (χ1) is 8.76. The minimum Gasteiger partial charge on any atom is -0.424 e. The first-order valence-electron chi connectivity index (χ1n) is 6.91. The van der Waals surface area contributed by atoms with Gasteiger partial charge < -0.3 is 4.42 Å². The smallest absolute Gasteiger partial charge is 0.230 e. The Labute approximate surface area is 113 Å². The summed E-state index contributed by atoms with van der Waals surface area (Å²) in [6.45, 7) is 5.02. The molecule has 0 unspecified atom stereocenters. The van der Waals surface area contributed by atoms with Crippen LogP contribution in [0, 0.1) is 6.92 Å². The van der Waals surface area contributed by atoms with Crippen molar-refractivity contribution in [1.29, 1.82) is 0 Å². The van der Waals surface area contributed by atoms with E-state index in [2.05, 4.69) is 26.9 Å². The van der Waals surface area contributed by atoms with Crippen LogP contribution in [-0.2, 0) is 6.54 Å². The van der Waals surface area contributed by atoms with E-state index in [0.717, 1.165) is 19.0 Å². The summed E-state index contributed by atoms with van der Waals surface area (Å²) < 4.78 is 6.01. The lowest BCUT2D eigenvalue weighted by molar-refractivity contribution is 0.195. The summed E-state index contributed by atoms with van der Waals surface area (Å²) in [6, 6.07) is 0. The van der Waals surface area contributed by atoms with Gasteiger partial charge in [0.1, 0.15) is 0 Å². The highest BCUT2D eigenvalue weighted by atomic mass is 32.2. The van der Waals surface area contributed by atoms with Gasteiger partial charge in [0.05, 0.1) is 6.54 Å². The average molecular weight is 267 g/mol. The molecule has 1 aromatic rings. The average Bonchev–Trinajstić information content (AvgIpc) is 2.76. The molecule has 0 amide bonds. The number of aryl methyl sites for hydroxylation is 1. The normalized spacial score (nSPS) is 24.5. The van der Waals surface area contributed by atoms with Gasteiger partial charge in [-0.05, 0) is 12.8 Å². The molecule has 1 saturated carbocycles. The molecule has 1 saturated heterocycles. The molecular formula is C13H21N3OS. The summed E-state index contributed by atoms with van der Waals surface area (Å²) >= 11 is 2.20. The van der Waals surface area contributed by atoms with E-state index in [9.17, 15) is 0 Å². The Kier molecular flexibility index (Phi) is 3.61. The number of nitrogens with zero attached hydrogens (tertiary/aromatic N) is 3. The molecule has 0 radical (unpaired) electrons. The maximum Gasteiger partial charge on any atom is 0.230 e. The van der Waals surface area contributed by atoms with E-state index in [1.54, 1.807) is 0 Å². The molecule has 4 nitrogen and oxygen atoms in total. The Balaban J connectivity index is 1.63. The van der Waals surface area contributed by atoms with E-state index in [0.29, 0.717) is 10.6 Å². The van der Waals surface area contributed by atoms with Crippen molar-refractivity contribution in [1.82, 2.24) is 15.1 Å². The standard InChI is InChI=1S/C13H21N3OS/c1-11-14-15-12(17-11)9-16-7-8-18-13(10-16)5-3-2-4-6-13/h2-10H2,1H3. The third-order valence-corrected chi connectivity index (χ3v) is 5.56. The van der Waals surface area contributed by atoms with E-state index in [1.807, 2.05) is 6.92 Å². The van der Waals surface area contributed by atoms with Crippen LogP contribution in [0.25, 0.3) is 0 Å². The molecular weight excluding hydrogens is 246 g/mol. The molecule has 1 aromatic heterocycles. The first kappa shape index (κ1) is 12.5. The topological polar surface area (TPSA) is 42.2 Å². The summed E-state index contributed by atoms with van der Waals surface area (Å²) in [7, 11) is 0. The lowest BCUT2D eigenvalue weighted by Crippen LogP contribution is -2.47. The van der Waals surface area contributed by atoms with Crippen molar-refractivity contribution in [2.75, 3.05) is 18.8 Å². The minimum absolute atomic E-state index is 0.519. The lowest BCUT2D eigenvalue weighted by Gasteiger charge is -2.44. The van der Waals surface area contributed by atoms with Crippen LogP contribution in [0.3, 0.4) is 0 Å². The number of aromatic nitrogens is 2. The minimum atomic E-state index is 0.519. The van der Waals surface area contributed by atoms with E-state index in [1.165, 1.54) is 44.4 Å². The van der Waals surface area contributed by atoms with Crippen molar-refractivity contribution in [3.8, 4) is 0 Å². The van der Waals surface area contributed by atoms with Crippen LogP contribution in [0.5, 0.6) is 0 Å². The fourth-order valence-corrected chi connectivity index (χ4v) is 4.78. The maximum atomic E-state index is 5.49. The van der Waals surface area contributed by atoms with Crippen molar-refractivity contribution < 1.29 is 4.42 Å². The number of rotatable bonds is 2. The van der Waals surface area contributed by atoms with Crippen LogP contribution in [0.4, 0.5) is 0 Å². The van der Waals surface area contributed by atoms with Crippen molar-refractivity contribution in [3.05, 3.63) is 11.8 Å². The third-order valence-electron chi connectivity index (χ3n) is 4.02. The molecule has 3 rings (SSSR count). The number of hydrogen-bond donors (Lipinski definition) is 0. The van der Waals surface area contributed by atoms with Crippen molar-refractivity contribution in [2.45, 2.75) is 50.3 Å². The Hall–Kier alpha value is -0.550. The molecule has 1 aliphatic heterocycles. The van der Waals surface area contributed by atoms with E-state index < -0.39 is 0 Å². The molecule has 5 heteroatoms. The summed E-state index contributed by atoms with van der Waals surface area (Å²) in [6.07, 6.45) is 7.00. The summed E-state index contributed by atoms with van der Waals surface area (Å²) in [5.41, 5.74) is 0. The van der Waals surface area contributed by atoms with Gasteiger partial charge in [-0.1, -0.05) is 19.3 Å². The SMILES string of the molecule is Cc1nnc(CN2CCSC3(CCCCC3)C2)o1. The molecule has 0 N–H and O–H groups in total. The fraction of sp³-hybridized carbons (Fsp3) is 0.846. The quantitative estimate of drug-likeness (QED) is 0.824. The Morgan fingerprint density at radius 1 is 1.28 bits per heavy atom. The van der Waals surface area contributed by atoms with Crippen LogP contribution in [-0.4, -0.2) is 38.7 Å². The van der Waals surface area contributed by atoms with Crippen LogP contribution in [0.1, 0.15) is 43.9 Å². The summed E-state index contributed by atoms with van der Waals surface area (Å²) in [5, 5.41) is 8.02. The second-order valence-electron chi connectivity index (χ2n) is 5.52. The highest BCUT2D eigenvalue weighted by Gasteiger charge is 2.37. The molecule has 0 aromatic carbocycles. The molecule has 2 heterocycles. The predicted molar refractivity (Wildman–Crippen MR) is 72.6 cm³/mol. The molecule has 1 aliphatic carbocycles. The molecule has 18 heavy (non-hydrogen) atoms. The monoisotopic (exact) mass is 267 g/mol. The van der Waals surface area contributed by atoms with E-state index >= 15 is 0 Å². The molecule has 1 spiro atoms. The van der Waals surface area contributed by atoms with Gasteiger partial charge in [-0.2, -0.15) is 11.8 Å². The van der Waals surface area contributed by atoms with Gasteiger partial charge in [-0.15, -0.1) is 10.2 Å². The van der Waals surface area contributed by atoms with Crippen molar-refractivity contribution >= 4 is 11.8 Å². The first-order valence-corrected chi connectivity index (χ1v) is 7.90. The second kappa shape index (κ2) is 5.21. The van der Waals surface area contributed by atoms with E-state index in [-0.39, 0.29) is 0 Å². The van der Waals surface area contributed by atoms with Gasteiger partial charge in [-0.25, -0.2) is 0 Å². The zero-order valence-corrected chi connectivity index (χ0v) is 11.8. The van der Waals surface area contributed by atoms with E-state index in [4.69, 9.17) is 4.42 Å². The van der Waals surface area contributed by atoms with Gasteiger partial charge in [0.25, 0.3) is 0 Å². The Morgan fingerprint density at radius 2 is 2.11 bits per heavy atom. The summed E-state index contributed by atoms with van der Waals surface area (Å²) in [4.78, 5) is 2.49. The lowest BCUT2D eigenvalue weighted by atomic mass is 9.87. The largest absolute Gasteiger partial charge is 0.424 e. The molecule has 2 fully saturated rings. The van der Waals surface area contributed by atoms with Crippen molar-refractivity contribution in [2.24, 2.45) is 0 Å². The highest BCUT2D eigenvalue weighted by Crippen LogP contribution is 2.42. The van der Waals surface area contributed by atoms with Gasteiger partial charge in [-0.3, -0.25) is 4.90 Å². The van der Waals surface area contributed by atoms with Crippen LogP contribution < -0.4 is 0 Å². The van der Waals surface area contributed by atoms with Crippen molar-refractivity contribution in [3.63, 3.8) is 0 Å². The van der Waals surface area contributed by atoms with Gasteiger partial charge in [0, 0.05) is 30.5 Å². The van der Waals surface area contributed by atoms with Crippen LogP contribution in [0.15, 0.2) is 4.42 Å². The third kappa shape index (κ3) is 2.72. The molecule has 100 valence electrons. The molecule has 0 atom stereocenters. The molecule has 2 aliphatic rings. The van der Waals surface area contributed by atoms with Crippen LogP contribution >= 0.6 is 11.8 Å². The predicted octanol–water partition coefficient (Wildman–Crippen LogP) is 2.63. The number of hydrogen-bond acceptors (Lipinski definition) is 5. The highest BCUT2D eigenvalue weighted by molar-refractivity contribution is 8.00. The zero-order valence-electron chi connectivity index (χ0n) is 11.0. The Morgan fingerprint density at radius 3 is 2.83 bits per heavy atom. The Bertz CT molecular complexity index is 395. The second-order valence-corrected chi connectivity index (χ2v) is 7.08. The number of thioether (sulfide) groups is 1.